The summed E-state index contributed by atoms with van der Waals surface area (Å²) in [5.41, 5.74) is 1.24. The van der Waals surface area contributed by atoms with E-state index in [0.29, 0.717) is 18.3 Å². The molecule has 8 atom stereocenters. The SMILES string of the molecule is CC[C@H](C)C(=O)O[C@H]1C[C@@H](C)C=C2C=C[C@H](C)[C@H](CC[C@@H](O)C[C@@H](O)CC(C)=O)[C@H]21. The molecular weight excluding hydrogens is 380 g/mol. The minimum Gasteiger partial charge on any atom is -0.461 e. The van der Waals surface area contributed by atoms with Crippen molar-refractivity contribution in [3.05, 3.63) is 23.8 Å². The van der Waals surface area contributed by atoms with Gasteiger partial charge >= 0.3 is 5.97 Å². The van der Waals surface area contributed by atoms with Crippen LogP contribution in [0.2, 0.25) is 0 Å². The topological polar surface area (TPSA) is 83.8 Å². The van der Waals surface area contributed by atoms with E-state index in [1.165, 1.54) is 12.5 Å². The van der Waals surface area contributed by atoms with Crippen LogP contribution in [-0.2, 0) is 14.3 Å². The molecule has 0 radical (unpaired) electrons. The molecule has 2 N–H and O–H groups in total. The number of carbonyl (C=O) groups excluding carboxylic acids is 2. The molecule has 0 bridgehead atoms. The fraction of sp³-hybridized carbons (Fsp3) is 0.760. The maximum Gasteiger partial charge on any atom is 0.308 e. The van der Waals surface area contributed by atoms with Crippen molar-refractivity contribution >= 4 is 11.8 Å². The first-order valence-electron chi connectivity index (χ1n) is 11.6. The molecule has 0 aromatic carbocycles. The highest BCUT2D eigenvalue weighted by Crippen LogP contribution is 2.45. The lowest BCUT2D eigenvalue weighted by atomic mass is 9.65. The number of hydrogen-bond donors (Lipinski definition) is 2. The van der Waals surface area contributed by atoms with Crippen LogP contribution in [0, 0.1) is 29.6 Å². The predicted octanol–water partition coefficient (Wildman–Crippen LogP) is 4.22. The second-order valence-corrected chi connectivity index (χ2v) is 9.60. The van der Waals surface area contributed by atoms with Crippen molar-refractivity contribution in [2.24, 2.45) is 29.6 Å². The first-order chi connectivity index (χ1) is 14.1. The maximum atomic E-state index is 12.5. The molecule has 170 valence electrons. The van der Waals surface area contributed by atoms with Gasteiger partial charge in [0, 0.05) is 12.3 Å². The van der Waals surface area contributed by atoms with Crippen LogP contribution in [0.1, 0.15) is 73.1 Å². The van der Waals surface area contributed by atoms with Gasteiger partial charge in [0.1, 0.15) is 11.9 Å². The summed E-state index contributed by atoms with van der Waals surface area (Å²) < 4.78 is 6.02. The van der Waals surface area contributed by atoms with Crippen molar-refractivity contribution in [2.45, 2.75) is 91.5 Å². The lowest BCUT2D eigenvalue weighted by molar-refractivity contribution is -0.158. The third kappa shape index (κ3) is 6.78. The molecule has 0 fully saturated rings. The Kier molecular flexibility index (Phi) is 9.30. The van der Waals surface area contributed by atoms with Crippen LogP contribution in [-0.4, -0.2) is 40.3 Å². The van der Waals surface area contributed by atoms with Gasteiger partial charge in [-0.25, -0.2) is 0 Å². The monoisotopic (exact) mass is 420 g/mol. The maximum absolute atomic E-state index is 12.5. The molecule has 0 spiro atoms. The van der Waals surface area contributed by atoms with E-state index in [4.69, 9.17) is 4.74 Å². The number of hydrogen-bond acceptors (Lipinski definition) is 5. The lowest BCUT2D eigenvalue weighted by Gasteiger charge is -2.43. The number of esters is 1. The van der Waals surface area contributed by atoms with Gasteiger partial charge in [0.05, 0.1) is 18.1 Å². The zero-order chi connectivity index (χ0) is 22.4. The summed E-state index contributed by atoms with van der Waals surface area (Å²) in [5.74, 6) is 0.791. The van der Waals surface area contributed by atoms with Crippen LogP contribution >= 0.6 is 0 Å². The summed E-state index contributed by atoms with van der Waals surface area (Å²) in [5, 5.41) is 20.4. The summed E-state index contributed by atoms with van der Waals surface area (Å²) in [6.45, 7) is 9.70. The fourth-order valence-corrected chi connectivity index (χ4v) is 4.89. The van der Waals surface area contributed by atoms with Gasteiger partial charge in [0.2, 0.25) is 0 Å². The Morgan fingerprint density at radius 1 is 1.23 bits per heavy atom. The molecular formula is C25H40O5. The minimum absolute atomic E-state index is 0.0715. The van der Waals surface area contributed by atoms with Gasteiger partial charge < -0.3 is 14.9 Å². The number of allylic oxidation sites excluding steroid dienone is 3. The molecule has 0 saturated carbocycles. The van der Waals surface area contributed by atoms with Crippen molar-refractivity contribution < 1.29 is 24.5 Å². The Labute approximate surface area is 181 Å². The van der Waals surface area contributed by atoms with Crippen LogP contribution in [0.3, 0.4) is 0 Å². The quantitative estimate of drug-likeness (QED) is 0.517. The van der Waals surface area contributed by atoms with Crippen LogP contribution in [0.5, 0.6) is 0 Å². The van der Waals surface area contributed by atoms with Crippen molar-refractivity contribution in [1.82, 2.24) is 0 Å². The van der Waals surface area contributed by atoms with E-state index in [0.717, 1.165) is 19.3 Å². The van der Waals surface area contributed by atoms with E-state index < -0.39 is 12.2 Å². The van der Waals surface area contributed by atoms with E-state index in [1.807, 2.05) is 13.8 Å². The van der Waals surface area contributed by atoms with Gasteiger partial charge in [-0.05, 0) is 62.4 Å². The number of fused-ring (bicyclic) bond motifs is 1. The van der Waals surface area contributed by atoms with Crippen LogP contribution in [0.25, 0.3) is 0 Å². The zero-order valence-electron chi connectivity index (χ0n) is 19.2. The fourth-order valence-electron chi connectivity index (χ4n) is 4.89. The number of Topliss-reactive ketones (excluding diaryl/α,β-unsaturated/α-hetero) is 1. The largest absolute Gasteiger partial charge is 0.461 e. The molecule has 0 unspecified atom stereocenters. The second kappa shape index (κ2) is 11.2. The molecule has 0 saturated heterocycles. The number of ketones is 1. The van der Waals surface area contributed by atoms with Gasteiger partial charge in [0.15, 0.2) is 0 Å². The highest BCUT2D eigenvalue weighted by molar-refractivity contribution is 5.75. The molecule has 2 aliphatic carbocycles. The highest BCUT2D eigenvalue weighted by atomic mass is 16.5. The average Bonchev–Trinajstić information content (AvgIpc) is 2.65. The van der Waals surface area contributed by atoms with E-state index in [-0.39, 0.29) is 48.5 Å². The van der Waals surface area contributed by atoms with Crippen LogP contribution in [0.4, 0.5) is 0 Å². The molecule has 5 heteroatoms. The molecule has 2 aliphatic rings. The van der Waals surface area contributed by atoms with Crippen LogP contribution in [0.15, 0.2) is 23.8 Å². The van der Waals surface area contributed by atoms with Crippen molar-refractivity contribution in [3.63, 3.8) is 0 Å². The lowest BCUT2D eigenvalue weighted by Crippen LogP contribution is -2.41. The first-order valence-corrected chi connectivity index (χ1v) is 11.6. The molecule has 0 amide bonds. The van der Waals surface area contributed by atoms with Crippen molar-refractivity contribution in [2.75, 3.05) is 0 Å². The number of aliphatic hydroxyl groups excluding tert-OH is 2. The predicted molar refractivity (Wildman–Crippen MR) is 118 cm³/mol. The van der Waals surface area contributed by atoms with Crippen molar-refractivity contribution in [3.8, 4) is 0 Å². The van der Waals surface area contributed by atoms with Crippen LogP contribution < -0.4 is 0 Å². The molecule has 30 heavy (non-hydrogen) atoms. The Hall–Kier alpha value is -1.46. The van der Waals surface area contributed by atoms with Gasteiger partial charge in [-0.15, -0.1) is 0 Å². The molecule has 0 aromatic heterocycles. The zero-order valence-corrected chi connectivity index (χ0v) is 19.2. The van der Waals surface area contributed by atoms with E-state index in [9.17, 15) is 19.8 Å². The smallest absolute Gasteiger partial charge is 0.308 e. The molecule has 0 aliphatic heterocycles. The summed E-state index contributed by atoms with van der Waals surface area (Å²) in [7, 11) is 0. The summed E-state index contributed by atoms with van der Waals surface area (Å²) in [4.78, 5) is 23.7. The minimum atomic E-state index is -0.795. The van der Waals surface area contributed by atoms with Gasteiger partial charge in [-0.2, -0.15) is 0 Å². The molecule has 2 rings (SSSR count). The molecule has 5 nitrogen and oxygen atoms in total. The Morgan fingerprint density at radius 3 is 2.57 bits per heavy atom. The van der Waals surface area contributed by atoms with Gasteiger partial charge in [-0.3, -0.25) is 9.59 Å². The number of ether oxygens (including phenoxy) is 1. The molecule has 0 heterocycles. The summed E-state index contributed by atoms with van der Waals surface area (Å²) in [6.07, 6.45) is 8.35. The number of carbonyl (C=O) groups is 2. The number of aliphatic hydroxyl groups is 2. The average molecular weight is 421 g/mol. The first kappa shape index (κ1) is 24.8. The summed E-state index contributed by atoms with van der Waals surface area (Å²) in [6, 6.07) is 0. The normalized spacial score (nSPS) is 31.3. The van der Waals surface area contributed by atoms with E-state index in [2.05, 4.69) is 32.1 Å². The Morgan fingerprint density at radius 2 is 1.93 bits per heavy atom. The van der Waals surface area contributed by atoms with E-state index in [1.54, 1.807) is 0 Å². The Balaban J connectivity index is 2.09. The van der Waals surface area contributed by atoms with Gasteiger partial charge in [0.25, 0.3) is 0 Å². The van der Waals surface area contributed by atoms with Crippen molar-refractivity contribution in [1.29, 1.82) is 0 Å². The van der Waals surface area contributed by atoms with E-state index >= 15 is 0 Å². The molecule has 0 aromatic rings. The Bertz CT molecular complexity index is 652. The second-order valence-electron chi connectivity index (χ2n) is 9.60. The summed E-state index contributed by atoms with van der Waals surface area (Å²) >= 11 is 0. The van der Waals surface area contributed by atoms with Gasteiger partial charge in [-0.1, -0.05) is 45.9 Å². The standard InChI is InChI=1S/C25H40O5/c1-6-16(3)25(29)30-23-12-15(2)11-19-8-7-17(4)22(24(19)23)10-9-20(27)14-21(28)13-18(5)26/h7-8,11,15-17,20-24,27-28H,6,9-10,12-14H2,1-5H3/t15-,16-,17-,20+,21-,22-,23-,24-/m0/s1. The number of rotatable bonds is 10. The third-order valence-corrected chi connectivity index (χ3v) is 6.78. The highest BCUT2D eigenvalue weighted by Gasteiger charge is 2.41. The third-order valence-electron chi connectivity index (χ3n) is 6.78.